The van der Waals surface area contributed by atoms with Gasteiger partial charge in [-0.05, 0) is 36.6 Å². The molecule has 1 fully saturated rings. The van der Waals surface area contributed by atoms with Crippen LogP contribution in [-0.4, -0.2) is 41.9 Å². The van der Waals surface area contributed by atoms with E-state index in [-0.39, 0.29) is 11.5 Å². The first-order chi connectivity index (χ1) is 13.6. The summed E-state index contributed by atoms with van der Waals surface area (Å²) in [6.07, 6.45) is 1.53. The summed E-state index contributed by atoms with van der Waals surface area (Å²) in [5, 5.41) is 12.6. The van der Waals surface area contributed by atoms with E-state index < -0.39 is 0 Å². The van der Waals surface area contributed by atoms with Crippen LogP contribution in [0.1, 0.15) is 16.7 Å². The molecule has 0 atom stereocenters. The van der Waals surface area contributed by atoms with Gasteiger partial charge in [0.15, 0.2) is 0 Å². The quantitative estimate of drug-likeness (QED) is 0.643. The number of carbonyl (C=O) groups is 1. The lowest BCUT2D eigenvalue weighted by Gasteiger charge is -2.34. The number of aryl methyl sites for hydroxylation is 1. The lowest BCUT2D eigenvalue weighted by Crippen LogP contribution is -2.48. The summed E-state index contributed by atoms with van der Waals surface area (Å²) >= 11 is 0. The fourth-order valence-electron chi connectivity index (χ4n) is 3.32. The Balaban J connectivity index is 1.58. The minimum atomic E-state index is -0.209. The fourth-order valence-corrected chi connectivity index (χ4v) is 3.32. The summed E-state index contributed by atoms with van der Waals surface area (Å²) in [6.45, 7) is 7.83. The van der Waals surface area contributed by atoms with Crippen molar-refractivity contribution >= 4 is 11.6 Å². The summed E-state index contributed by atoms with van der Waals surface area (Å²) in [5.41, 5.74) is 4.60. The van der Waals surface area contributed by atoms with E-state index in [1.54, 1.807) is 4.90 Å². The number of carbonyl (C=O) groups excluding carboxylic acids is 1. The summed E-state index contributed by atoms with van der Waals surface area (Å²) in [6, 6.07) is 18.3. The van der Waals surface area contributed by atoms with Gasteiger partial charge in [-0.1, -0.05) is 42.5 Å². The molecule has 5 heteroatoms. The molecule has 1 heterocycles. The van der Waals surface area contributed by atoms with Gasteiger partial charge in [0.1, 0.15) is 11.6 Å². The molecule has 2 aromatic rings. The number of benzene rings is 2. The number of nitrogens with one attached hydrogen (secondary N) is 1. The number of anilines is 1. The minimum absolute atomic E-state index is 0.136. The van der Waals surface area contributed by atoms with Crippen LogP contribution < -0.4 is 5.32 Å². The topological polar surface area (TPSA) is 59.4 Å². The predicted octanol–water partition coefficient (Wildman–Crippen LogP) is 3.47. The summed E-state index contributed by atoms with van der Waals surface area (Å²) < 4.78 is 0. The first-order valence-corrected chi connectivity index (χ1v) is 9.57. The van der Waals surface area contributed by atoms with Crippen LogP contribution >= 0.6 is 0 Å². The fraction of sp³-hybridized carbons (Fsp3) is 0.304. The summed E-state index contributed by atoms with van der Waals surface area (Å²) in [5.74, 6) is -0.209. The van der Waals surface area contributed by atoms with Gasteiger partial charge in [-0.25, -0.2) is 0 Å². The highest BCUT2D eigenvalue weighted by Gasteiger charge is 2.23. The highest BCUT2D eigenvalue weighted by molar-refractivity contribution is 5.97. The second kappa shape index (κ2) is 9.20. The average Bonchev–Trinajstić information content (AvgIpc) is 2.72. The Morgan fingerprint density at radius 2 is 1.79 bits per heavy atom. The molecule has 1 N–H and O–H groups in total. The van der Waals surface area contributed by atoms with E-state index in [4.69, 9.17) is 0 Å². The zero-order chi connectivity index (χ0) is 19.9. The van der Waals surface area contributed by atoms with E-state index in [1.807, 2.05) is 56.3 Å². The third-order valence-electron chi connectivity index (χ3n) is 5.24. The molecule has 28 heavy (non-hydrogen) atoms. The van der Waals surface area contributed by atoms with Gasteiger partial charge in [0, 0.05) is 44.6 Å². The molecule has 0 aromatic heterocycles. The molecule has 0 radical (unpaired) electrons. The number of hydrogen-bond acceptors (Lipinski definition) is 4. The standard InChI is InChI=1S/C23H26N4O/c1-18-7-6-10-22(19(18)2)25-16-21(15-24)23(28)27-13-11-26(12-14-27)17-20-8-4-3-5-9-20/h3-10,16,25H,11-14,17H2,1-2H3/b21-16-. The smallest absolute Gasteiger partial charge is 0.266 e. The number of nitrogens with zero attached hydrogens (tertiary/aromatic N) is 3. The normalized spacial score (nSPS) is 15.2. The molecule has 2 aromatic carbocycles. The largest absolute Gasteiger partial charge is 0.360 e. The Kier molecular flexibility index (Phi) is 6.46. The summed E-state index contributed by atoms with van der Waals surface area (Å²) in [4.78, 5) is 16.8. The van der Waals surface area contributed by atoms with E-state index in [2.05, 4.69) is 22.3 Å². The molecule has 1 aliphatic heterocycles. The lowest BCUT2D eigenvalue weighted by atomic mass is 10.1. The predicted molar refractivity (Wildman–Crippen MR) is 112 cm³/mol. The van der Waals surface area contributed by atoms with Crippen molar-refractivity contribution < 1.29 is 4.79 Å². The first-order valence-electron chi connectivity index (χ1n) is 9.57. The molecular weight excluding hydrogens is 348 g/mol. The van der Waals surface area contributed by atoms with Gasteiger partial charge in [0.2, 0.25) is 0 Å². The van der Waals surface area contributed by atoms with Crippen molar-refractivity contribution in [3.8, 4) is 6.07 Å². The van der Waals surface area contributed by atoms with Crippen LogP contribution in [0, 0.1) is 25.2 Å². The van der Waals surface area contributed by atoms with Gasteiger partial charge in [-0.3, -0.25) is 9.69 Å². The number of amides is 1. The summed E-state index contributed by atoms with van der Waals surface area (Å²) in [7, 11) is 0. The highest BCUT2D eigenvalue weighted by Crippen LogP contribution is 2.18. The van der Waals surface area contributed by atoms with E-state index in [0.29, 0.717) is 13.1 Å². The molecule has 0 unspecified atom stereocenters. The molecule has 5 nitrogen and oxygen atoms in total. The number of hydrogen-bond donors (Lipinski definition) is 1. The highest BCUT2D eigenvalue weighted by atomic mass is 16.2. The van der Waals surface area contributed by atoms with Gasteiger partial charge in [0.05, 0.1) is 0 Å². The molecule has 1 aliphatic rings. The maximum absolute atomic E-state index is 12.7. The molecule has 0 saturated carbocycles. The van der Waals surface area contributed by atoms with Crippen LogP contribution in [0.4, 0.5) is 5.69 Å². The molecule has 0 spiro atoms. The number of nitriles is 1. The molecular formula is C23H26N4O. The van der Waals surface area contributed by atoms with Gasteiger partial charge < -0.3 is 10.2 Å². The number of piperazine rings is 1. The van der Waals surface area contributed by atoms with Crippen molar-refractivity contribution in [1.82, 2.24) is 9.80 Å². The van der Waals surface area contributed by atoms with Crippen LogP contribution in [0.3, 0.4) is 0 Å². The second-order valence-electron chi connectivity index (χ2n) is 7.12. The maximum atomic E-state index is 12.7. The Labute approximate surface area is 166 Å². The maximum Gasteiger partial charge on any atom is 0.266 e. The minimum Gasteiger partial charge on any atom is -0.360 e. The van der Waals surface area contributed by atoms with Crippen molar-refractivity contribution in [2.24, 2.45) is 0 Å². The molecule has 144 valence electrons. The van der Waals surface area contributed by atoms with E-state index in [0.717, 1.165) is 36.4 Å². The van der Waals surface area contributed by atoms with Crippen LogP contribution in [0.15, 0.2) is 60.3 Å². The first kappa shape index (κ1) is 19.7. The Bertz CT molecular complexity index is 891. The molecule has 0 aliphatic carbocycles. The van der Waals surface area contributed by atoms with Crippen LogP contribution in [0.2, 0.25) is 0 Å². The van der Waals surface area contributed by atoms with Gasteiger partial charge in [-0.2, -0.15) is 5.26 Å². The third kappa shape index (κ3) is 4.79. The van der Waals surface area contributed by atoms with Gasteiger partial charge >= 0.3 is 0 Å². The van der Waals surface area contributed by atoms with E-state index >= 15 is 0 Å². The van der Waals surface area contributed by atoms with Crippen molar-refractivity contribution in [2.75, 3.05) is 31.5 Å². The van der Waals surface area contributed by atoms with Crippen molar-refractivity contribution in [3.05, 3.63) is 77.0 Å². The Hall–Kier alpha value is -3.10. The molecule has 3 rings (SSSR count). The lowest BCUT2D eigenvalue weighted by molar-refractivity contribution is -0.128. The van der Waals surface area contributed by atoms with Crippen molar-refractivity contribution in [1.29, 1.82) is 5.26 Å². The SMILES string of the molecule is Cc1cccc(N/C=C(/C#N)C(=O)N2CCN(Cc3ccccc3)CC2)c1C. The molecule has 0 bridgehead atoms. The Morgan fingerprint density at radius 3 is 2.46 bits per heavy atom. The van der Waals surface area contributed by atoms with Gasteiger partial charge in [0.25, 0.3) is 5.91 Å². The van der Waals surface area contributed by atoms with Crippen molar-refractivity contribution in [2.45, 2.75) is 20.4 Å². The van der Waals surface area contributed by atoms with Crippen LogP contribution in [0.25, 0.3) is 0 Å². The van der Waals surface area contributed by atoms with Crippen molar-refractivity contribution in [3.63, 3.8) is 0 Å². The zero-order valence-corrected chi connectivity index (χ0v) is 16.5. The molecule has 1 saturated heterocycles. The van der Waals surface area contributed by atoms with E-state index in [9.17, 15) is 10.1 Å². The number of rotatable bonds is 5. The Morgan fingerprint density at radius 1 is 1.07 bits per heavy atom. The van der Waals surface area contributed by atoms with E-state index in [1.165, 1.54) is 11.8 Å². The monoisotopic (exact) mass is 374 g/mol. The second-order valence-corrected chi connectivity index (χ2v) is 7.12. The van der Waals surface area contributed by atoms with Crippen LogP contribution in [-0.2, 0) is 11.3 Å². The zero-order valence-electron chi connectivity index (χ0n) is 16.5. The van der Waals surface area contributed by atoms with Crippen LogP contribution in [0.5, 0.6) is 0 Å². The molecule has 1 amide bonds. The average molecular weight is 374 g/mol. The van der Waals surface area contributed by atoms with Gasteiger partial charge in [-0.15, -0.1) is 0 Å². The third-order valence-corrected chi connectivity index (χ3v) is 5.24.